The summed E-state index contributed by atoms with van der Waals surface area (Å²) < 4.78 is 54.2. The Kier molecular flexibility index (Phi) is 5.72. The minimum absolute atomic E-state index is 0.0781. The number of fused-ring (bicyclic) bond motifs is 1. The maximum Gasteiger partial charge on any atom is 0.329 e. The van der Waals surface area contributed by atoms with Crippen LogP contribution in [-0.4, -0.2) is 63.7 Å². The molecule has 1 aromatic carbocycles. The molecule has 0 aliphatic carbocycles. The normalized spacial score (nSPS) is 16.7. The van der Waals surface area contributed by atoms with Crippen molar-refractivity contribution in [3.05, 3.63) is 58.3 Å². The van der Waals surface area contributed by atoms with Crippen LogP contribution in [0, 0.1) is 5.82 Å². The molecule has 13 heteroatoms. The van der Waals surface area contributed by atoms with Gasteiger partial charge in [-0.3, -0.25) is 14.1 Å². The van der Waals surface area contributed by atoms with Crippen LogP contribution in [0.25, 0.3) is 22.5 Å². The molecule has 36 heavy (non-hydrogen) atoms. The number of benzene rings is 1. The van der Waals surface area contributed by atoms with E-state index < -0.39 is 18.1 Å². The SMILES string of the molecule is O=c1n(Cc2ccc(-c3nnc(C(F)F)o3)cn2)c2cc(F)c(N3CCNCC3)cc2n1C1COC1. The molecule has 10 nitrogen and oxygen atoms in total. The van der Waals surface area contributed by atoms with Gasteiger partial charge in [-0.25, -0.2) is 9.18 Å². The average molecular weight is 501 g/mol. The van der Waals surface area contributed by atoms with E-state index in [-0.39, 0.29) is 24.2 Å². The first kappa shape index (κ1) is 22.7. The highest BCUT2D eigenvalue weighted by Crippen LogP contribution is 2.30. The molecule has 0 spiro atoms. The summed E-state index contributed by atoms with van der Waals surface area (Å²) in [6, 6.07) is 6.26. The standard InChI is InChI=1S/C23H22F3N7O3/c24-16-7-18-19(8-17(16)31-5-3-27-4-6-31)33(15-11-35-12-15)23(34)32(18)10-14-2-1-13(9-28-14)21-29-30-22(36-21)20(25)26/h1-2,7-9,15,20,27H,3-6,10-12H2. The van der Waals surface area contributed by atoms with E-state index in [1.165, 1.54) is 16.8 Å². The zero-order valence-electron chi connectivity index (χ0n) is 19.0. The van der Waals surface area contributed by atoms with Crippen molar-refractivity contribution in [3.63, 3.8) is 0 Å². The van der Waals surface area contributed by atoms with E-state index in [0.717, 1.165) is 13.1 Å². The third-order valence-electron chi connectivity index (χ3n) is 6.49. The second kappa shape index (κ2) is 9.06. The summed E-state index contributed by atoms with van der Waals surface area (Å²) in [6.45, 7) is 3.79. The summed E-state index contributed by atoms with van der Waals surface area (Å²) in [5.74, 6) is -1.24. The molecule has 2 saturated heterocycles. The van der Waals surface area contributed by atoms with Crippen molar-refractivity contribution in [2.45, 2.75) is 19.0 Å². The van der Waals surface area contributed by atoms with Gasteiger partial charge >= 0.3 is 12.1 Å². The number of rotatable bonds is 6. The highest BCUT2D eigenvalue weighted by molar-refractivity contribution is 5.81. The molecule has 0 amide bonds. The van der Waals surface area contributed by atoms with Crippen LogP contribution in [0.3, 0.4) is 0 Å². The quantitative estimate of drug-likeness (QED) is 0.430. The summed E-state index contributed by atoms with van der Waals surface area (Å²) >= 11 is 0. The van der Waals surface area contributed by atoms with Crippen molar-refractivity contribution in [3.8, 4) is 11.5 Å². The Balaban J connectivity index is 1.36. The second-order valence-corrected chi connectivity index (χ2v) is 8.74. The fraction of sp³-hybridized carbons (Fsp3) is 0.391. The lowest BCUT2D eigenvalue weighted by Gasteiger charge is -2.30. The number of hydrogen-bond acceptors (Lipinski definition) is 8. The van der Waals surface area contributed by atoms with Crippen LogP contribution in [0.1, 0.15) is 24.1 Å². The van der Waals surface area contributed by atoms with Crippen LogP contribution >= 0.6 is 0 Å². The first-order valence-electron chi connectivity index (χ1n) is 11.5. The molecule has 0 radical (unpaired) electrons. The van der Waals surface area contributed by atoms with Crippen molar-refractivity contribution in [2.24, 2.45) is 0 Å². The second-order valence-electron chi connectivity index (χ2n) is 8.74. The number of anilines is 1. The van der Waals surface area contributed by atoms with Gasteiger partial charge in [0.15, 0.2) is 0 Å². The Morgan fingerprint density at radius 1 is 1.11 bits per heavy atom. The fourth-order valence-corrected chi connectivity index (χ4v) is 4.56. The molecule has 2 aliphatic heterocycles. The molecule has 0 bridgehead atoms. The van der Waals surface area contributed by atoms with E-state index in [0.29, 0.717) is 54.3 Å². The third-order valence-corrected chi connectivity index (χ3v) is 6.49. The molecule has 4 aromatic rings. The number of aromatic nitrogens is 5. The number of pyridine rings is 1. The van der Waals surface area contributed by atoms with E-state index in [9.17, 15) is 13.6 Å². The van der Waals surface area contributed by atoms with Crippen LogP contribution in [0.5, 0.6) is 0 Å². The number of hydrogen-bond donors (Lipinski definition) is 1. The minimum Gasteiger partial charge on any atom is -0.415 e. The van der Waals surface area contributed by atoms with E-state index in [4.69, 9.17) is 9.15 Å². The van der Waals surface area contributed by atoms with Gasteiger partial charge in [0.25, 0.3) is 5.89 Å². The number of halogens is 3. The van der Waals surface area contributed by atoms with Crippen LogP contribution in [-0.2, 0) is 11.3 Å². The molecule has 2 fully saturated rings. The summed E-state index contributed by atoms with van der Waals surface area (Å²) in [5.41, 5.74) is 2.19. The molecule has 1 N–H and O–H groups in total. The monoisotopic (exact) mass is 501 g/mol. The average Bonchev–Trinajstić information content (AvgIpc) is 3.44. The molecule has 0 unspecified atom stereocenters. The topological polar surface area (TPSA) is 103 Å². The molecule has 0 atom stereocenters. The van der Waals surface area contributed by atoms with Crippen molar-refractivity contribution in [1.82, 2.24) is 29.6 Å². The summed E-state index contributed by atoms with van der Waals surface area (Å²) in [5, 5.41) is 10.2. The lowest BCUT2D eigenvalue weighted by atomic mass is 10.2. The highest BCUT2D eigenvalue weighted by atomic mass is 19.3. The first-order chi connectivity index (χ1) is 17.5. The van der Waals surface area contributed by atoms with Gasteiger partial charge in [-0.2, -0.15) is 8.78 Å². The summed E-state index contributed by atoms with van der Waals surface area (Å²) in [4.78, 5) is 19.8. The van der Waals surface area contributed by atoms with Gasteiger partial charge < -0.3 is 19.4 Å². The van der Waals surface area contributed by atoms with Gasteiger partial charge in [-0.05, 0) is 18.2 Å². The van der Waals surface area contributed by atoms with Crippen molar-refractivity contribution in [1.29, 1.82) is 0 Å². The highest BCUT2D eigenvalue weighted by Gasteiger charge is 2.28. The van der Waals surface area contributed by atoms with Crippen molar-refractivity contribution in [2.75, 3.05) is 44.3 Å². The molecule has 6 rings (SSSR count). The maximum absolute atomic E-state index is 15.3. The molecule has 0 saturated carbocycles. The van der Waals surface area contributed by atoms with Crippen LogP contribution in [0.2, 0.25) is 0 Å². The lowest BCUT2D eigenvalue weighted by molar-refractivity contribution is -0.0231. The first-order valence-corrected chi connectivity index (χ1v) is 11.5. The van der Waals surface area contributed by atoms with E-state index >= 15 is 4.39 Å². The Hall–Kier alpha value is -3.71. The maximum atomic E-state index is 15.3. The number of piperazine rings is 1. The number of nitrogens with zero attached hydrogens (tertiary/aromatic N) is 6. The third kappa shape index (κ3) is 3.93. The Morgan fingerprint density at radius 2 is 1.92 bits per heavy atom. The summed E-state index contributed by atoms with van der Waals surface area (Å²) in [6.07, 6.45) is -1.46. The van der Waals surface area contributed by atoms with Crippen molar-refractivity contribution >= 4 is 16.7 Å². The van der Waals surface area contributed by atoms with Gasteiger partial charge in [0.05, 0.1) is 53.8 Å². The van der Waals surface area contributed by atoms with Gasteiger partial charge in [0.2, 0.25) is 5.89 Å². The van der Waals surface area contributed by atoms with Crippen LogP contribution in [0.15, 0.2) is 39.7 Å². The van der Waals surface area contributed by atoms with E-state index in [1.54, 1.807) is 22.8 Å². The predicted molar refractivity (Wildman–Crippen MR) is 123 cm³/mol. The molecule has 5 heterocycles. The van der Waals surface area contributed by atoms with Gasteiger partial charge in [-0.15, -0.1) is 10.2 Å². The Morgan fingerprint density at radius 3 is 2.56 bits per heavy atom. The van der Waals surface area contributed by atoms with Gasteiger partial charge in [0.1, 0.15) is 5.82 Å². The Bertz CT molecular complexity index is 1450. The number of imidazole rings is 1. The van der Waals surface area contributed by atoms with Gasteiger partial charge in [-0.1, -0.05) is 0 Å². The van der Waals surface area contributed by atoms with Crippen LogP contribution < -0.4 is 15.9 Å². The number of ether oxygens (including phenoxy) is 1. The Labute approximate surface area is 202 Å². The molecule has 2 aliphatic rings. The van der Waals surface area contributed by atoms with E-state index in [1.807, 2.05) is 4.90 Å². The zero-order chi connectivity index (χ0) is 24.8. The molecular formula is C23H22F3N7O3. The smallest absolute Gasteiger partial charge is 0.329 e. The van der Waals surface area contributed by atoms with Crippen LogP contribution in [0.4, 0.5) is 18.9 Å². The lowest BCUT2D eigenvalue weighted by Crippen LogP contribution is -2.43. The van der Waals surface area contributed by atoms with Crippen molar-refractivity contribution < 1.29 is 22.3 Å². The van der Waals surface area contributed by atoms with Gasteiger partial charge in [0, 0.05) is 38.4 Å². The zero-order valence-corrected chi connectivity index (χ0v) is 19.0. The molecule has 188 valence electrons. The number of alkyl halides is 2. The predicted octanol–water partition coefficient (Wildman–Crippen LogP) is 2.35. The largest absolute Gasteiger partial charge is 0.415 e. The molecule has 3 aromatic heterocycles. The van der Waals surface area contributed by atoms with E-state index in [2.05, 4.69) is 20.5 Å². The molecular weight excluding hydrogens is 479 g/mol. The fourth-order valence-electron chi connectivity index (χ4n) is 4.56. The minimum atomic E-state index is -2.86. The summed E-state index contributed by atoms with van der Waals surface area (Å²) in [7, 11) is 0. The number of nitrogens with one attached hydrogen (secondary N) is 1.